The summed E-state index contributed by atoms with van der Waals surface area (Å²) >= 11 is 1.79. The van der Waals surface area contributed by atoms with Gasteiger partial charge in [-0.15, -0.1) is 11.3 Å². The molecule has 1 amide bonds. The fourth-order valence-corrected chi connectivity index (χ4v) is 5.16. The first-order valence-corrected chi connectivity index (χ1v) is 11.6. The minimum Gasteiger partial charge on any atom is -0.379 e. The van der Waals surface area contributed by atoms with Crippen molar-refractivity contribution in [3.05, 3.63) is 58.3 Å². The number of piperidine rings is 1. The van der Waals surface area contributed by atoms with Crippen LogP contribution in [-0.4, -0.2) is 61.6 Å². The van der Waals surface area contributed by atoms with E-state index in [-0.39, 0.29) is 18.0 Å². The molecule has 2 atom stereocenters. The van der Waals surface area contributed by atoms with Gasteiger partial charge in [-0.25, -0.2) is 0 Å². The van der Waals surface area contributed by atoms with Crippen molar-refractivity contribution in [3.8, 4) is 0 Å². The van der Waals surface area contributed by atoms with Crippen molar-refractivity contribution in [2.75, 3.05) is 45.9 Å². The quantitative estimate of drug-likeness (QED) is 0.755. The van der Waals surface area contributed by atoms with Crippen molar-refractivity contribution in [1.29, 1.82) is 0 Å². The molecule has 156 valence electrons. The van der Waals surface area contributed by atoms with Crippen LogP contribution in [0.25, 0.3) is 0 Å². The van der Waals surface area contributed by atoms with Crippen LogP contribution in [0, 0.1) is 0 Å². The van der Waals surface area contributed by atoms with Crippen molar-refractivity contribution in [1.82, 2.24) is 15.1 Å². The number of nitrogens with zero attached hydrogens (tertiary/aromatic N) is 2. The standard InChI is InChI=1S/C23H31N3O2S/c27-23(26-11-5-2-6-12-26)22(19-8-3-1-4-9-19)24-18-20(21-10-7-17-29-21)25-13-15-28-16-14-25/h1,3-4,7-10,17,20,22,24H,2,5-6,11-16,18H2. The molecule has 6 heteroatoms. The van der Waals surface area contributed by atoms with Crippen LogP contribution in [0.15, 0.2) is 47.8 Å². The summed E-state index contributed by atoms with van der Waals surface area (Å²) in [6.07, 6.45) is 3.45. The summed E-state index contributed by atoms with van der Waals surface area (Å²) in [6.45, 7) is 5.91. The molecular weight excluding hydrogens is 382 g/mol. The van der Waals surface area contributed by atoms with Crippen LogP contribution in [0.3, 0.4) is 0 Å². The molecule has 0 saturated carbocycles. The summed E-state index contributed by atoms with van der Waals surface area (Å²) in [4.78, 5) is 19.3. The number of carbonyl (C=O) groups excluding carboxylic acids is 1. The third kappa shape index (κ3) is 5.25. The van der Waals surface area contributed by atoms with Gasteiger partial charge >= 0.3 is 0 Å². The number of hydrogen-bond donors (Lipinski definition) is 1. The van der Waals surface area contributed by atoms with E-state index in [0.717, 1.165) is 64.3 Å². The van der Waals surface area contributed by atoms with Gasteiger partial charge in [-0.05, 0) is 36.3 Å². The van der Waals surface area contributed by atoms with E-state index in [9.17, 15) is 4.79 Å². The van der Waals surface area contributed by atoms with Gasteiger partial charge in [-0.3, -0.25) is 9.69 Å². The van der Waals surface area contributed by atoms with Crippen LogP contribution in [0.5, 0.6) is 0 Å². The smallest absolute Gasteiger partial charge is 0.244 e. The monoisotopic (exact) mass is 413 g/mol. The number of likely N-dealkylation sites (tertiary alicyclic amines) is 1. The van der Waals surface area contributed by atoms with Crippen LogP contribution in [0.1, 0.15) is 41.8 Å². The minimum absolute atomic E-state index is 0.211. The highest BCUT2D eigenvalue weighted by Crippen LogP contribution is 2.27. The van der Waals surface area contributed by atoms with E-state index in [1.165, 1.54) is 11.3 Å². The number of morpholine rings is 1. The van der Waals surface area contributed by atoms with Gasteiger partial charge in [0.1, 0.15) is 6.04 Å². The first-order valence-electron chi connectivity index (χ1n) is 10.8. The highest BCUT2D eigenvalue weighted by Gasteiger charge is 2.29. The Labute approximate surface area is 177 Å². The molecule has 0 aliphatic carbocycles. The number of ether oxygens (including phenoxy) is 1. The van der Waals surface area contributed by atoms with E-state index in [4.69, 9.17) is 4.74 Å². The molecule has 2 unspecified atom stereocenters. The van der Waals surface area contributed by atoms with Gasteiger partial charge in [0.25, 0.3) is 0 Å². The summed E-state index contributed by atoms with van der Waals surface area (Å²) in [5.41, 5.74) is 1.05. The van der Waals surface area contributed by atoms with Gasteiger partial charge in [-0.2, -0.15) is 0 Å². The van der Waals surface area contributed by atoms with Crippen LogP contribution >= 0.6 is 11.3 Å². The number of thiophene rings is 1. The molecule has 0 spiro atoms. The lowest BCUT2D eigenvalue weighted by Crippen LogP contribution is -2.47. The Morgan fingerprint density at radius 1 is 1.00 bits per heavy atom. The first kappa shape index (κ1) is 20.5. The Morgan fingerprint density at radius 2 is 1.76 bits per heavy atom. The average molecular weight is 414 g/mol. The van der Waals surface area contributed by atoms with Crippen LogP contribution in [0.4, 0.5) is 0 Å². The Bertz CT molecular complexity index is 741. The summed E-state index contributed by atoms with van der Waals surface area (Å²) in [5.74, 6) is 0.211. The maximum atomic E-state index is 13.4. The van der Waals surface area contributed by atoms with Crippen molar-refractivity contribution >= 4 is 17.2 Å². The molecule has 0 radical (unpaired) electrons. The first-order chi connectivity index (χ1) is 14.3. The number of amides is 1. The fourth-order valence-electron chi connectivity index (χ4n) is 4.30. The second-order valence-corrected chi connectivity index (χ2v) is 8.80. The molecule has 2 aromatic rings. The number of nitrogens with one attached hydrogen (secondary N) is 1. The van der Waals surface area contributed by atoms with E-state index in [2.05, 4.69) is 39.9 Å². The van der Waals surface area contributed by atoms with E-state index in [0.29, 0.717) is 0 Å². The molecule has 5 nitrogen and oxygen atoms in total. The maximum Gasteiger partial charge on any atom is 0.244 e. The van der Waals surface area contributed by atoms with Crippen molar-refractivity contribution in [2.45, 2.75) is 31.3 Å². The molecular formula is C23H31N3O2S. The third-order valence-corrected chi connectivity index (χ3v) is 6.89. The maximum absolute atomic E-state index is 13.4. The lowest BCUT2D eigenvalue weighted by Gasteiger charge is -2.36. The number of benzene rings is 1. The third-order valence-electron chi connectivity index (χ3n) is 5.92. The molecule has 29 heavy (non-hydrogen) atoms. The Balaban J connectivity index is 1.51. The van der Waals surface area contributed by atoms with Gasteiger partial charge in [0, 0.05) is 37.6 Å². The SMILES string of the molecule is O=C(C(NCC(c1cccs1)N1CCOCC1)c1ccccc1)N1CCCCC1. The van der Waals surface area contributed by atoms with Crippen molar-refractivity contribution < 1.29 is 9.53 Å². The normalized spacial score (nSPS) is 20.3. The van der Waals surface area contributed by atoms with Gasteiger partial charge in [0.05, 0.1) is 19.3 Å². The second-order valence-electron chi connectivity index (χ2n) is 7.82. The molecule has 1 aromatic carbocycles. The Hall–Kier alpha value is -1.73. The second kappa shape index (κ2) is 10.3. The van der Waals surface area contributed by atoms with Gasteiger partial charge < -0.3 is 15.0 Å². The van der Waals surface area contributed by atoms with Gasteiger partial charge in [-0.1, -0.05) is 36.4 Å². The number of hydrogen-bond acceptors (Lipinski definition) is 5. The predicted molar refractivity (Wildman–Crippen MR) is 117 cm³/mol. The molecule has 1 N–H and O–H groups in total. The largest absolute Gasteiger partial charge is 0.379 e. The molecule has 3 heterocycles. The Morgan fingerprint density at radius 3 is 2.45 bits per heavy atom. The predicted octanol–water partition coefficient (Wildman–Crippen LogP) is 3.46. The van der Waals surface area contributed by atoms with Crippen LogP contribution < -0.4 is 5.32 Å². The van der Waals surface area contributed by atoms with Crippen LogP contribution in [-0.2, 0) is 9.53 Å². The molecule has 0 bridgehead atoms. The summed E-state index contributed by atoms with van der Waals surface area (Å²) < 4.78 is 5.56. The highest BCUT2D eigenvalue weighted by molar-refractivity contribution is 7.10. The van der Waals surface area contributed by atoms with Crippen molar-refractivity contribution in [2.24, 2.45) is 0 Å². The highest BCUT2D eigenvalue weighted by atomic mass is 32.1. The lowest BCUT2D eigenvalue weighted by molar-refractivity contribution is -0.134. The van der Waals surface area contributed by atoms with Gasteiger partial charge in [0.2, 0.25) is 5.91 Å². The molecule has 2 saturated heterocycles. The fraction of sp³-hybridized carbons (Fsp3) is 0.522. The number of rotatable bonds is 7. The van der Waals surface area contributed by atoms with E-state index < -0.39 is 0 Å². The number of carbonyl (C=O) groups is 1. The molecule has 2 aliphatic heterocycles. The lowest BCUT2D eigenvalue weighted by atomic mass is 10.0. The van der Waals surface area contributed by atoms with E-state index in [1.54, 1.807) is 11.3 Å². The Kier molecular flexibility index (Phi) is 7.33. The summed E-state index contributed by atoms with van der Waals surface area (Å²) in [7, 11) is 0. The minimum atomic E-state index is -0.294. The van der Waals surface area contributed by atoms with Crippen LogP contribution in [0.2, 0.25) is 0 Å². The topological polar surface area (TPSA) is 44.8 Å². The van der Waals surface area contributed by atoms with E-state index >= 15 is 0 Å². The molecule has 2 fully saturated rings. The molecule has 2 aliphatic rings. The van der Waals surface area contributed by atoms with Crippen molar-refractivity contribution in [3.63, 3.8) is 0 Å². The zero-order valence-corrected chi connectivity index (χ0v) is 17.8. The zero-order chi connectivity index (χ0) is 19.9. The average Bonchev–Trinajstić information content (AvgIpc) is 3.33. The summed E-state index contributed by atoms with van der Waals surface area (Å²) in [6, 6.07) is 14.5. The zero-order valence-electron chi connectivity index (χ0n) is 17.0. The van der Waals surface area contributed by atoms with E-state index in [1.807, 2.05) is 23.1 Å². The molecule has 4 rings (SSSR count). The summed E-state index contributed by atoms with van der Waals surface area (Å²) in [5, 5.41) is 5.79. The van der Waals surface area contributed by atoms with Gasteiger partial charge in [0.15, 0.2) is 0 Å². The molecule has 1 aromatic heterocycles.